The highest BCUT2D eigenvalue weighted by atomic mass is 16.5. The van der Waals surface area contributed by atoms with Crippen LogP contribution in [0, 0.1) is 57.7 Å². The molecule has 0 aromatic rings. The number of hydrogen-bond donors (Lipinski definition) is 0. The third-order valence-electron chi connectivity index (χ3n) is 11.8. The normalized spacial score (nSPS) is 58.1. The third kappa shape index (κ3) is 2.19. The first-order valence-corrected chi connectivity index (χ1v) is 12.6. The Hall–Kier alpha value is -0.300. The van der Waals surface area contributed by atoms with Crippen molar-refractivity contribution in [1.82, 2.24) is 0 Å². The van der Waals surface area contributed by atoms with Crippen molar-refractivity contribution in [3.8, 4) is 0 Å². The van der Waals surface area contributed by atoms with Crippen LogP contribution in [-0.2, 0) is 4.74 Å². The minimum atomic E-state index is 0.555. The molecule has 6 fully saturated rings. The average molecular weight is 383 g/mol. The van der Waals surface area contributed by atoms with Crippen LogP contribution in [0.25, 0.3) is 0 Å². The predicted molar refractivity (Wildman–Crippen MR) is 115 cm³/mol. The Kier molecular flexibility index (Phi) is 3.89. The molecule has 10 atom stereocenters. The maximum atomic E-state index is 6.28. The zero-order valence-electron chi connectivity index (χ0n) is 18.8. The topological polar surface area (TPSA) is 9.23 Å². The van der Waals surface area contributed by atoms with Crippen LogP contribution in [0.4, 0.5) is 0 Å². The van der Waals surface area contributed by atoms with E-state index in [1.165, 1.54) is 64.2 Å². The van der Waals surface area contributed by atoms with Crippen LogP contribution in [-0.4, -0.2) is 13.2 Å². The Morgan fingerprint density at radius 2 is 1.79 bits per heavy atom. The molecule has 0 N–H and O–H groups in total. The molecule has 0 radical (unpaired) electrons. The van der Waals surface area contributed by atoms with Crippen LogP contribution in [0.2, 0.25) is 0 Å². The van der Waals surface area contributed by atoms with E-state index in [1.807, 2.05) is 7.11 Å². The molecule has 6 rings (SSSR count). The van der Waals surface area contributed by atoms with Gasteiger partial charge in [0.1, 0.15) is 0 Å². The van der Waals surface area contributed by atoms with E-state index >= 15 is 0 Å². The predicted octanol–water partition coefficient (Wildman–Crippen LogP) is 6.87. The SMILES string of the molecule is CO[C@@H]1C[C@H]2[C@@H]3CC[C@H]([C@H](C)/C=C\C4CC4)[C@@]3(C)CC[C@@H]2[C@@]2(C)CC[C@H]3C[C@]312. The van der Waals surface area contributed by atoms with Crippen molar-refractivity contribution in [3.63, 3.8) is 0 Å². The summed E-state index contributed by atoms with van der Waals surface area (Å²) in [5.74, 6) is 6.49. The molecular weight excluding hydrogens is 340 g/mol. The first kappa shape index (κ1) is 18.5. The summed E-state index contributed by atoms with van der Waals surface area (Å²) in [4.78, 5) is 0. The molecular formula is C27H42O. The van der Waals surface area contributed by atoms with Gasteiger partial charge in [0, 0.05) is 12.5 Å². The molecule has 1 heteroatoms. The van der Waals surface area contributed by atoms with Crippen molar-refractivity contribution in [2.75, 3.05) is 7.11 Å². The highest BCUT2D eigenvalue weighted by Crippen LogP contribution is 2.82. The summed E-state index contributed by atoms with van der Waals surface area (Å²) in [6.07, 6.45) is 20.4. The van der Waals surface area contributed by atoms with Gasteiger partial charge in [0.2, 0.25) is 0 Å². The Morgan fingerprint density at radius 1 is 0.964 bits per heavy atom. The van der Waals surface area contributed by atoms with Crippen molar-refractivity contribution >= 4 is 0 Å². The quantitative estimate of drug-likeness (QED) is 0.482. The molecule has 6 saturated carbocycles. The summed E-state index contributed by atoms with van der Waals surface area (Å²) in [7, 11) is 2.03. The molecule has 156 valence electrons. The maximum absolute atomic E-state index is 6.28. The molecule has 1 nitrogen and oxygen atoms in total. The third-order valence-corrected chi connectivity index (χ3v) is 11.8. The smallest absolute Gasteiger partial charge is 0.0638 e. The van der Waals surface area contributed by atoms with Gasteiger partial charge in [0.05, 0.1) is 6.10 Å². The molecule has 6 aliphatic rings. The number of rotatable bonds is 4. The lowest BCUT2D eigenvalue weighted by molar-refractivity contribution is -0.160. The fourth-order valence-corrected chi connectivity index (χ4v) is 10.2. The number of fused-ring (bicyclic) bond motifs is 4. The largest absolute Gasteiger partial charge is 0.381 e. The summed E-state index contributed by atoms with van der Waals surface area (Å²) < 4.78 is 6.28. The van der Waals surface area contributed by atoms with E-state index in [9.17, 15) is 0 Å². The molecule has 0 unspecified atom stereocenters. The number of methoxy groups -OCH3 is 1. The van der Waals surface area contributed by atoms with Crippen LogP contribution in [0.5, 0.6) is 0 Å². The molecule has 0 aromatic heterocycles. The van der Waals surface area contributed by atoms with Gasteiger partial charge in [-0.3, -0.25) is 0 Å². The zero-order valence-corrected chi connectivity index (χ0v) is 18.8. The van der Waals surface area contributed by atoms with Gasteiger partial charge >= 0.3 is 0 Å². The van der Waals surface area contributed by atoms with E-state index < -0.39 is 0 Å². The van der Waals surface area contributed by atoms with Gasteiger partial charge in [-0.05, 0) is 116 Å². The molecule has 0 bridgehead atoms. The lowest BCUT2D eigenvalue weighted by Gasteiger charge is -2.61. The summed E-state index contributed by atoms with van der Waals surface area (Å²) >= 11 is 0. The summed E-state index contributed by atoms with van der Waals surface area (Å²) in [6.45, 7) is 7.94. The highest BCUT2D eigenvalue weighted by Gasteiger charge is 2.77. The fraction of sp³-hybridized carbons (Fsp3) is 0.926. The van der Waals surface area contributed by atoms with Crippen molar-refractivity contribution in [3.05, 3.63) is 12.2 Å². The monoisotopic (exact) mass is 382 g/mol. The van der Waals surface area contributed by atoms with Gasteiger partial charge in [-0.25, -0.2) is 0 Å². The van der Waals surface area contributed by atoms with Crippen LogP contribution in [0.15, 0.2) is 12.2 Å². The van der Waals surface area contributed by atoms with E-state index in [0.717, 1.165) is 41.4 Å². The second-order valence-electron chi connectivity index (χ2n) is 12.5. The van der Waals surface area contributed by atoms with Gasteiger partial charge in [-0.15, -0.1) is 0 Å². The van der Waals surface area contributed by atoms with Crippen molar-refractivity contribution < 1.29 is 4.74 Å². The Bertz CT molecular complexity index is 678. The lowest BCUT2D eigenvalue weighted by Crippen LogP contribution is -2.57. The second-order valence-corrected chi connectivity index (χ2v) is 12.5. The zero-order chi connectivity index (χ0) is 19.3. The van der Waals surface area contributed by atoms with Crippen molar-refractivity contribution in [1.29, 1.82) is 0 Å². The molecule has 0 heterocycles. The number of hydrogen-bond acceptors (Lipinski definition) is 1. The lowest BCUT2D eigenvalue weighted by atomic mass is 9.45. The van der Waals surface area contributed by atoms with Crippen LogP contribution < -0.4 is 0 Å². The standard InChI is InChI=1S/C27H42O/c1-17(5-6-18-7-8-18)21-9-10-22-20-15-24(28-4)27-16-19(27)11-14-26(27,3)23(20)12-13-25(21,22)2/h5-6,17-24H,7-16H2,1-4H3/b6-5-/t17-,19+,20+,21-,22+,23+,24-,25-,26-,27+/m1/s1. The molecule has 28 heavy (non-hydrogen) atoms. The molecule has 0 saturated heterocycles. The Labute approximate surface area is 173 Å². The van der Waals surface area contributed by atoms with Gasteiger partial charge in [-0.2, -0.15) is 0 Å². The molecule has 1 spiro atoms. The minimum absolute atomic E-state index is 0.555. The van der Waals surface area contributed by atoms with Gasteiger partial charge < -0.3 is 4.74 Å². The minimum Gasteiger partial charge on any atom is -0.381 e. The summed E-state index contributed by atoms with van der Waals surface area (Å²) in [6, 6.07) is 0. The first-order valence-electron chi connectivity index (χ1n) is 12.6. The van der Waals surface area contributed by atoms with Crippen LogP contribution in [0.1, 0.15) is 85.0 Å². The van der Waals surface area contributed by atoms with Crippen molar-refractivity contribution in [2.24, 2.45) is 57.7 Å². The van der Waals surface area contributed by atoms with E-state index in [0.29, 0.717) is 22.3 Å². The summed E-state index contributed by atoms with van der Waals surface area (Å²) in [5.41, 5.74) is 1.74. The molecule has 0 amide bonds. The highest BCUT2D eigenvalue weighted by molar-refractivity contribution is 5.26. The summed E-state index contributed by atoms with van der Waals surface area (Å²) in [5, 5.41) is 0. The van der Waals surface area contributed by atoms with Crippen LogP contribution in [0.3, 0.4) is 0 Å². The van der Waals surface area contributed by atoms with E-state index in [4.69, 9.17) is 4.74 Å². The Balaban J connectivity index is 1.29. The van der Waals surface area contributed by atoms with E-state index in [1.54, 1.807) is 0 Å². The van der Waals surface area contributed by atoms with Gasteiger partial charge in [0.15, 0.2) is 0 Å². The average Bonchev–Trinajstić information content (AvgIpc) is 3.58. The molecule has 6 aliphatic carbocycles. The van der Waals surface area contributed by atoms with Crippen LogP contribution >= 0.6 is 0 Å². The number of allylic oxidation sites excluding steroid dienone is 2. The van der Waals surface area contributed by atoms with Gasteiger partial charge in [-0.1, -0.05) is 32.9 Å². The van der Waals surface area contributed by atoms with E-state index in [2.05, 4.69) is 32.9 Å². The first-order chi connectivity index (χ1) is 13.4. The van der Waals surface area contributed by atoms with E-state index in [-0.39, 0.29) is 0 Å². The second kappa shape index (κ2) is 5.89. The molecule has 0 aliphatic heterocycles. The Morgan fingerprint density at radius 3 is 2.50 bits per heavy atom. The fourth-order valence-electron chi connectivity index (χ4n) is 10.2. The number of ether oxygens (including phenoxy) is 1. The van der Waals surface area contributed by atoms with Gasteiger partial charge in [0.25, 0.3) is 0 Å². The maximum Gasteiger partial charge on any atom is 0.0638 e. The molecule has 0 aromatic carbocycles. The van der Waals surface area contributed by atoms with Crippen molar-refractivity contribution in [2.45, 2.75) is 91.1 Å².